The summed E-state index contributed by atoms with van der Waals surface area (Å²) >= 11 is 4.90. The van der Waals surface area contributed by atoms with Gasteiger partial charge in [-0.05, 0) is 42.3 Å². The molecular weight excluding hydrogens is 424 g/mol. The van der Waals surface area contributed by atoms with Crippen molar-refractivity contribution in [3.05, 3.63) is 63.5 Å². The number of rotatable bonds is 6. The first-order chi connectivity index (χ1) is 13.1. The summed E-state index contributed by atoms with van der Waals surface area (Å²) in [5.41, 5.74) is 1.72. The van der Waals surface area contributed by atoms with Gasteiger partial charge < -0.3 is 5.32 Å². The zero-order valence-electron chi connectivity index (χ0n) is 15.1. The molecule has 2 amide bonds. The largest absolute Gasteiger partial charge is 0.355 e. The Morgan fingerprint density at radius 3 is 2.81 bits per heavy atom. The van der Waals surface area contributed by atoms with Crippen LogP contribution in [0.5, 0.6) is 0 Å². The fourth-order valence-electron chi connectivity index (χ4n) is 2.77. The summed E-state index contributed by atoms with van der Waals surface area (Å²) in [5.74, 6) is -0.287. The van der Waals surface area contributed by atoms with Crippen molar-refractivity contribution in [2.24, 2.45) is 0 Å². The Hall–Kier alpha value is -2.05. The van der Waals surface area contributed by atoms with Crippen LogP contribution >= 0.6 is 27.7 Å². The Bertz CT molecular complexity index is 882. The molecule has 140 valence electrons. The van der Waals surface area contributed by atoms with Gasteiger partial charge in [-0.25, -0.2) is 0 Å². The average molecular weight is 445 g/mol. The molecule has 6 heteroatoms. The minimum atomic E-state index is -0.149. The highest BCUT2D eigenvalue weighted by Crippen LogP contribution is 2.41. The van der Waals surface area contributed by atoms with Crippen molar-refractivity contribution >= 4 is 51.3 Å². The normalized spacial score (nSPS) is 15.0. The second-order valence-corrected chi connectivity index (χ2v) is 8.23. The van der Waals surface area contributed by atoms with Crippen LogP contribution in [0.3, 0.4) is 0 Å². The molecule has 4 nitrogen and oxygen atoms in total. The Morgan fingerprint density at radius 2 is 2.04 bits per heavy atom. The maximum absolute atomic E-state index is 13.1. The molecule has 0 aromatic heterocycles. The molecule has 0 unspecified atom stereocenters. The molecule has 0 fully saturated rings. The lowest BCUT2D eigenvalue weighted by Gasteiger charge is -2.29. The van der Waals surface area contributed by atoms with Gasteiger partial charge in [-0.15, -0.1) is 0 Å². The van der Waals surface area contributed by atoms with E-state index < -0.39 is 0 Å². The summed E-state index contributed by atoms with van der Waals surface area (Å²) in [6, 6.07) is 15.5. The minimum absolute atomic E-state index is 0.0238. The van der Waals surface area contributed by atoms with Gasteiger partial charge in [0.15, 0.2) is 0 Å². The summed E-state index contributed by atoms with van der Waals surface area (Å²) in [4.78, 5) is 28.5. The summed E-state index contributed by atoms with van der Waals surface area (Å²) in [7, 11) is 0. The van der Waals surface area contributed by atoms with Crippen molar-refractivity contribution in [3.8, 4) is 0 Å². The highest BCUT2D eigenvalue weighted by molar-refractivity contribution is 9.10. The molecule has 1 aliphatic rings. The number of anilines is 1. The highest BCUT2D eigenvalue weighted by Gasteiger charge is 2.30. The minimum Gasteiger partial charge on any atom is -0.355 e. The van der Waals surface area contributed by atoms with Crippen LogP contribution in [0.4, 0.5) is 5.69 Å². The van der Waals surface area contributed by atoms with Gasteiger partial charge in [-0.3, -0.25) is 14.5 Å². The van der Waals surface area contributed by atoms with Gasteiger partial charge in [0.2, 0.25) is 5.91 Å². The van der Waals surface area contributed by atoms with Gasteiger partial charge in [-0.1, -0.05) is 65.3 Å². The van der Waals surface area contributed by atoms with Crippen LogP contribution in [0.1, 0.15) is 25.3 Å². The molecule has 0 aliphatic carbocycles. The van der Waals surface area contributed by atoms with Crippen LogP contribution in [-0.4, -0.2) is 24.9 Å². The first-order valence-corrected chi connectivity index (χ1v) is 10.5. The molecule has 1 N–H and O–H groups in total. The van der Waals surface area contributed by atoms with Gasteiger partial charge in [0.05, 0.1) is 10.6 Å². The van der Waals surface area contributed by atoms with E-state index in [0.717, 1.165) is 33.5 Å². The number of halogens is 1. The Kier molecular flexibility index (Phi) is 6.74. The molecule has 0 saturated carbocycles. The molecule has 1 aliphatic heterocycles. The number of carbonyl (C=O) groups is 2. The monoisotopic (exact) mass is 444 g/mol. The number of benzene rings is 2. The SMILES string of the molecule is CCCCNC(=O)CN1C(=O)/C(=C\c2cccc(Br)c2)Sc2ccccc21. The summed E-state index contributed by atoms with van der Waals surface area (Å²) in [6.07, 6.45) is 3.82. The fraction of sp³-hybridized carbons (Fsp3) is 0.238. The van der Waals surface area contributed by atoms with Gasteiger partial charge in [0.1, 0.15) is 6.54 Å². The number of carbonyl (C=O) groups excluding carboxylic acids is 2. The second-order valence-electron chi connectivity index (χ2n) is 6.23. The Labute approximate surface area is 172 Å². The molecule has 27 heavy (non-hydrogen) atoms. The van der Waals surface area contributed by atoms with Crippen molar-refractivity contribution < 1.29 is 9.59 Å². The molecule has 1 heterocycles. The van der Waals surface area contributed by atoms with E-state index in [4.69, 9.17) is 0 Å². The van der Waals surface area contributed by atoms with Crippen molar-refractivity contribution in [2.45, 2.75) is 24.7 Å². The smallest absolute Gasteiger partial charge is 0.265 e. The van der Waals surface area contributed by atoms with Gasteiger partial charge in [0.25, 0.3) is 5.91 Å². The van der Waals surface area contributed by atoms with E-state index in [1.165, 1.54) is 11.8 Å². The molecular formula is C21H21BrN2O2S. The average Bonchev–Trinajstić information content (AvgIpc) is 2.65. The number of amides is 2. The maximum Gasteiger partial charge on any atom is 0.265 e. The van der Waals surface area contributed by atoms with E-state index >= 15 is 0 Å². The lowest BCUT2D eigenvalue weighted by atomic mass is 10.2. The Morgan fingerprint density at radius 1 is 1.22 bits per heavy atom. The third-order valence-corrected chi connectivity index (χ3v) is 5.70. The van der Waals surface area contributed by atoms with Gasteiger partial charge in [-0.2, -0.15) is 0 Å². The lowest BCUT2D eigenvalue weighted by Crippen LogP contribution is -2.42. The van der Waals surface area contributed by atoms with Gasteiger partial charge >= 0.3 is 0 Å². The second kappa shape index (κ2) is 9.24. The van der Waals surface area contributed by atoms with Crippen LogP contribution in [-0.2, 0) is 9.59 Å². The van der Waals surface area contributed by atoms with Crippen LogP contribution < -0.4 is 10.2 Å². The zero-order valence-corrected chi connectivity index (χ0v) is 17.5. The molecule has 3 rings (SSSR count). The molecule has 0 atom stereocenters. The van der Waals surface area contributed by atoms with Crippen LogP contribution in [0.15, 0.2) is 62.8 Å². The predicted octanol–water partition coefficient (Wildman–Crippen LogP) is 4.85. The van der Waals surface area contributed by atoms with E-state index in [9.17, 15) is 9.59 Å². The van der Waals surface area contributed by atoms with Crippen LogP contribution in [0.25, 0.3) is 6.08 Å². The molecule has 0 bridgehead atoms. The van der Waals surface area contributed by atoms with Crippen molar-refractivity contribution in [1.29, 1.82) is 0 Å². The number of thioether (sulfide) groups is 1. The molecule has 2 aromatic carbocycles. The van der Waals surface area contributed by atoms with Crippen molar-refractivity contribution in [3.63, 3.8) is 0 Å². The quantitative estimate of drug-likeness (QED) is 0.511. The van der Waals surface area contributed by atoms with Crippen LogP contribution in [0.2, 0.25) is 0 Å². The lowest BCUT2D eigenvalue weighted by molar-refractivity contribution is -0.122. The van der Waals surface area contributed by atoms with E-state index in [2.05, 4.69) is 28.2 Å². The summed E-state index contributed by atoms with van der Waals surface area (Å²) < 4.78 is 0.956. The van der Waals surface area contributed by atoms with Crippen molar-refractivity contribution in [1.82, 2.24) is 5.32 Å². The van der Waals surface area contributed by atoms with E-state index in [1.807, 2.05) is 54.6 Å². The maximum atomic E-state index is 13.1. The van der Waals surface area contributed by atoms with Crippen molar-refractivity contribution in [2.75, 3.05) is 18.0 Å². The molecule has 2 aromatic rings. The first-order valence-electron chi connectivity index (χ1n) is 8.91. The standard InChI is InChI=1S/C21H21BrN2O2S/c1-2-3-11-23-20(25)14-24-17-9-4-5-10-18(17)27-19(21(24)26)13-15-7-6-8-16(22)12-15/h4-10,12-13H,2-3,11,14H2,1H3,(H,23,25)/b19-13+. The fourth-order valence-corrected chi connectivity index (χ4v) is 4.25. The summed E-state index contributed by atoms with van der Waals surface area (Å²) in [5, 5.41) is 2.89. The van der Waals surface area contributed by atoms with E-state index in [-0.39, 0.29) is 18.4 Å². The predicted molar refractivity (Wildman–Crippen MR) is 115 cm³/mol. The molecule has 0 saturated heterocycles. The number of fused-ring (bicyclic) bond motifs is 1. The number of nitrogens with one attached hydrogen (secondary N) is 1. The third-order valence-electron chi connectivity index (χ3n) is 4.13. The number of unbranched alkanes of at least 4 members (excludes halogenated alkanes) is 1. The van der Waals surface area contributed by atoms with Gasteiger partial charge in [0, 0.05) is 15.9 Å². The highest BCUT2D eigenvalue weighted by atomic mass is 79.9. The van der Waals surface area contributed by atoms with E-state index in [1.54, 1.807) is 4.90 Å². The number of hydrogen-bond acceptors (Lipinski definition) is 3. The number of para-hydroxylation sites is 1. The van der Waals surface area contributed by atoms with E-state index in [0.29, 0.717) is 11.4 Å². The summed E-state index contributed by atoms with van der Waals surface area (Å²) in [6.45, 7) is 2.73. The number of hydrogen-bond donors (Lipinski definition) is 1. The number of nitrogens with zero attached hydrogens (tertiary/aromatic N) is 1. The third kappa shape index (κ3) is 5.02. The molecule has 0 spiro atoms. The molecule has 0 radical (unpaired) electrons. The Balaban J connectivity index is 1.87. The zero-order chi connectivity index (χ0) is 19.2. The van der Waals surface area contributed by atoms with Crippen LogP contribution in [0, 0.1) is 0 Å². The first kappa shape index (κ1) is 19.7. The topological polar surface area (TPSA) is 49.4 Å².